The zero-order chi connectivity index (χ0) is 11.4. The van der Waals surface area contributed by atoms with Crippen molar-refractivity contribution in [1.29, 1.82) is 5.26 Å². The number of nitrogens with zero attached hydrogens (tertiary/aromatic N) is 3. The van der Waals surface area contributed by atoms with E-state index in [1.807, 2.05) is 0 Å². The van der Waals surface area contributed by atoms with Crippen molar-refractivity contribution in [3.63, 3.8) is 0 Å². The Labute approximate surface area is 95.1 Å². The average molecular weight is 217 g/mol. The molecule has 1 aliphatic rings. The Balaban J connectivity index is 2.14. The van der Waals surface area contributed by atoms with Gasteiger partial charge in [0.25, 0.3) is 0 Å². The maximum absolute atomic E-state index is 9.16. The summed E-state index contributed by atoms with van der Waals surface area (Å²) < 4.78 is 0. The standard InChI is InChI=1S/C12H15N3O/c13-7-10-3-4-14-12(6-10)15-5-1-2-11(8-15)9-16/h3-4,6,11,16H,1-2,5,8-9H2/t11-/m0/s1. The first-order valence-corrected chi connectivity index (χ1v) is 5.55. The fourth-order valence-electron chi connectivity index (χ4n) is 2.08. The van der Waals surface area contributed by atoms with E-state index in [1.54, 1.807) is 18.3 Å². The first-order valence-electron chi connectivity index (χ1n) is 5.55. The monoisotopic (exact) mass is 217 g/mol. The lowest BCUT2D eigenvalue weighted by molar-refractivity contribution is 0.208. The molecule has 0 spiro atoms. The molecule has 4 nitrogen and oxygen atoms in total. The van der Waals surface area contributed by atoms with Gasteiger partial charge in [-0.25, -0.2) is 4.98 Å². The van der Waals surface area contributed by atoms with Gasteiger partial charge in [0, 0.05) is 25.9 Å². The summed E-state index contributed by atoms with van der Waals surface area (Å²) in [5, 5.41) is 18.0. The molecule has 0 bridgehead atoms. The molecule has 2 rings (SSSR count). The van der Waals surface area contributed by atoms with Crippen LogP contribution in [-0.4, -0.2) is 29.8 Å². The molecular formula is C12H15N3O. The van der Waals surface area contributed by atoms with Crippen molar-refractivity contribution < 1.29 is 5.11 Å². The molecule has 1 N–H and O–H groups in total. The van der Waals surface area contributed by atoms with Gasteiger partial charge in [-0.2, -0.15) is 5.26 Å². The highest BCUT2D eigenvalue weighted by Crippen LogP contribution is 2.21. The summed E-state index contributed by atoms with van der Waals surface area (Å²) in [5.74, 6) is 1.18. The zero-order valence-electron chi connectivity index (χ0n) is 9.13. The predicted octanol–water partition coefficient (Wildman–Crippen LogP) is 1.16. The van der Waals surface area contributed by atoms with E-state index in [0.717, 1.165) is 31.7 Å². The first-order chi connectivity index (χ1) is 7.83. The molecule has 1 saturated heterocycles. The minimum absolute atomic E-state index is 0.231. The molecule has 1 fully saturated rings. The summed E-state index contributed by atoms with van der Waals surface area (Å²) in [7, 11) is 0. The fourth-order valence-corrected chi connectivity index (χ4v) is 2.08. The second-order valence-corrected chi connectivity index (χ2v) is 4.15. The topological polar surface area (TPSA) is 60.2 Å². The number of hydrogen-bond donors (Lipinski definition) is 1. The van der Waals surface area contributed by atoms with Crippen molar-refractivity contribution in [3.8, 4) is 6.07 Å². The van der Waals surface area contributed by atoms with E-state index >= 15 is 0 Å². The second kappa shape index (κ2) is 4.95. The lowest BCUT2D eigenvalue weighted by Gasteiger charge is -2.32. The number of piperidine rings is 1. The normalized spacial score (nSPS) is 20.5. The molecule has 1 atom stereocenters. The number of pyridine rings is 1. The number of aliphatic hydroxyl groups excluding tert-OH is 1. The predicted molar refractivity (Wildman–Crippen MR) is 61.0 cm³/mol. The Kier molecular flexibility index (Phi) is 3.37. The Morgan fingerprint density at radius 1 is 1.62 bits per heavy atom. The van der Waals surface area contributed by atoms with Gasteiger partial charge in [0.05, 0.1) is 11.6 Å². The van der Waals surface area contributed by atoms with Crippen molar-refractivity contribution in [3.05, 3.63) is 23.9 Å². The Hall–Kier alpha value is -1.60. The third-order valence-electron chi connectivity index (χ3n) is 2.98. The SMILES string of the molecule is N#Cc1ccnc(N2CCC[C@H](CO)C2)c1. The first kappa shape index (κ1) is 10.9. The van der Waals surface area contributed by atoms with Gasteiger partial charge in [0.2, 0.25) is 0 Å². The summed E-state index contributed by atoms with van der Waals surface area (Å²) in [6.07, 6.45) is 3.81. The molecular weight excluding hydrogens is 202 g/mol. The van der Waals surface area contributed by atoms with E-state index in [-0.39, 0.29) is 6.61 Å². The molecule has 0 unspecified atom stereocenters. The van der Waals surface area contributed by atoms with Crippen LogP contribution in [0.4, 0.5) is 5.82 Å². The fraction of sp³-hybridized carbons (Fsp3) is 0.500. The van der Waals surface area contributed by atoms with Crippen LogP contribution in [0, 0.1) is 17.2 Å². The van der Waals surface area contributed by atoms with E-state index in [0.29, 0.717) is 11.5 Å². The van der Waals surface area contributed by atoms with Gasteiger partial charge in [-0.15, -0.1) is 0 Å². The van der Waals surface area contributed by atoms with Crippen LogP contribution in [0.1, 0.15) is 18.4 Å². The second-order valence-electron chi connectivity index (χ2n) is 4.15. The molecule has 84 valence electrons. The zero-order valence-corrected chi connectivity index (χ0v) is 9.13. The summed E-state index contributed by atoms with van der Waals surface area (Å²) in [6.45, 7) is 2.02. The van der Waals surface area contributed by atoms with Gasteiger partial charge in [-0.1, -0.05) is 0 Å². The highest BCUT2D eigenvalue weighted by molar-refractivity contribution is 5.45. The van der Waals surface area contributed by atoms with Crippen molar-refractivity contribution >= 4 is 5.82 Å². The van der Waals surface area contributed by atoms with E-state index in [4.69, 9.17) is 10.4 Å². The number of hydrogen-bond acceptors (Lipinski definition) is 4. The number of aromatic nitrogens is 1. The van der Waals surface area contributed by atoms with Crippen LogP contribution in [0.3, 0.4) is 0 Å². The molecule has 2 heterocycles. The van der Waals surface area contributed by atoms with Gasteiger partial charge in [0.1, 0.15) is 5.82 Å². The molecule has 1 aromatic rings. The van der Waals surface area contributed by atoms with Gasteiger partial charge >= 0.3 is 0 Å². The van der Waals surface area contributed by atoms with Crippen LogP contribution in [0.25, 0.3) is 0 Å². The minimum atomic E-state index is 0.231. The van der Waals surface area contributed by atoms with E-state index < -0.39 is 0 Å². The molecule has 1 aromatic heterocycles. The number of anilines is 1. The van der Waals surface area contributed by atoms with E-state index in [2.05, 4.69) is 16.0 Å². The van der Waals surface area contributed by atoms with E-state index in [1.165, 1.54) is 0 Å². The van der Waals surface area contributed by atoms with Crippen molar-refractivity contribution in [1.82, 2.24) is 4.98 Å². The smallest absolute Gasteiger partial charge is 0.129 e. The number of rotatable bonds is 2. The maximum atomic E-state index is 9.16. The molecule has 0 aromatic carbocycles. The largest absolute Gasteiger partial charge is 0.396 e. The van der Waals surface area contributed by atoms with Gasteiger partial charge < -0.3 is 10.0 Å². The lowest BCUT2D eigenvalue weighted by atomic mass is 9.99. The Morgan fingerprint density at radius 2 is 2.50 bits per heavy atom. The summed E-state index contributed by atoms with van der Waals surface area (Å²) in [4.78, 5) is 6.42. The number of nitriles is 1. The third-order valence-corrected chi connectivity index (χ3v) is 2.98. The van der Waals surface area contributed by atoms with Crippen molar-refractivity contribution in [2.45, 2.75) is 12.8 Å². The van der Waals surface area contributed by atoms with Gasteiger partial charge in [-0.3, -0.25) is 0 Å². The summed E-state index contributed by atoms with van der Waals surface area (Å²) in [6, 6.07) is 5.63. The van der Waals surface area contributed by atoms with E-state index in [9.17, 15) is 0 Å². The maximum Gasteiger partial charge on any atom is 0.129 e. The van der Waals surface area contributed by atoms with Crippen molar-refractivity contribution in [2.24, 2.45) is 5.92 Å². The minimum Gasteiger partial charge on any atom is -0.396 e. The lowest BCUT2D eigenvalue weighted by Crippen LogP contribution is -2.37. The summed E-state index contributed by atoms with van der Waals surface area (Å²) >= 11 is 0. The van der Waals surface area contributed by atoms with Crippen LogP contribution < -0.4 is 4.90 Å². The molecule has 4 heteroatoms. The molecule has 16 heavy (non-hydrogen) atoms. The Bertz CT molecular complexity index is 399. The number of aliphatic hydroxyl groups is 1. The van der Waals surface area contributed by atoms with Crippen LogP contribution in [0.5, 0.6) is 0 Å². The molecule has 1 aliphatic heterocycles. The highest BCUT2D eigenvalue weighted by atomic mass is 16.3. The highest BCUT2D eigenvalue weighted by Gasteiger charge is 2.20. The van der Waals surface area contributed by atoms with Gasteiger partial charge in [-0.05, 0) is 30.9 Å². The molecule has 0 amide bonds. The van der Waals surface area contributed by atoms with Crippen molar-refractivity contribution in [2.75, 3.05) is 24.6 Å². The third kappa shape index (κ3) is 2.31. The molecule has 0 saturated carbocycles. The molecule has 0 radical (unpaired) electrons. The summed E-state index contributed by atoms with van der Waals surface area (Å²) in [5.41, 5.74) is 0.635. The van der Waals surface area contributed by atoms with Crippen LogP contribution >= 0.6 is 0 Å². The van der Waals surface area contributed by atoms with Gasteiger partial charge in [0.15, 0.2) is 0 Å². The molecule has 0 aliphatic carbocycles. The Morgan fingerprint density at radius 3 is 3.25 bits per heavy atom. The average Bonchev–Trinajstić information content (AvgIpc) is 2.39. The van der Waals surface area contributed by atoms with Crippen LogP contribution in [0.2, 0.25) is 0 Å². The quantitative estimate of drug-likeness (QED) is 0.807. The van der Waals surface area contributed by atoms with Crippen LogP contribution in [-0.2, 0) is 0 Å². The van der Waals surface area contributed by atoms with Crippen LogP contribution in [0.15, 0.2) is 18.3 Å².